The summed E-state index contributed by atoms with van der Waals surface area (Å²) in [5.74, 6) is 2.26. The Morgan fingerprint density at radius 1 is 1.04 bits per heavy atom. The molecule has 2 aromatic carbocycles. The van der Waals surface area contributed by atoms with Crippen molar-refractivity contribution in [2.75, 3.05) is 24.3 Å². The van der Waals surface area contributed by atoms with Gasteiger partial charge in [-0.3, -0.25) is 0 Å². The maximum Gasteiger partial charge on any atom is 0.135 e. The zero-order valence-corrected chi connectivity index (χ0v) is 14.4. The summed E-state index contributed by atoms with van der Waals surface area (Å²) in [5.41, 5.74) is 2.60. The second kappa shape index (κ2) is 8.49. The van der Waals surface area contributed by atoms with Crippen LogP contribution in [0.1, 0.15) is 11.1 Å². The lowest BCUT2D eigenvalue weighted by Gasteiger charge is -2.09. The molecule has 0 aliphatic rings. The van der Waals surface area contributed by atoms with Crippen LogP contribution in [-0.4, -0.2) is 23.6 Å². The molecular weight excluding hydrogens is 326 g/mol. The summed E-state index contributed by atoms with van der Waals surface area (Å²) in [6, 6.07) is 19.2. The molecule has 1 heterocycles. The van der Waals surface area contributed by atoms with Gasteiger partial charge in [0.1, 0.15) is 23.7 Å². The molecule has 26 heavy (non-hydrogen) atoms. The summed E-state index contributed by atoms with van der Waals surface area (Å²) in [5, 5.41) is 15.5. The van der Waals surface area contributed by atoms with E-state index in [4.69, 9.17) is 10.00 Å². The molecule has 0 radical (unpaired) electrons. The number of nitrogens with one attached hydrogen (secondary N) is 2. The van der Waals surface area contributed by atoms with Gasteiger partial charge in [-0.2, -0.15) is 5.26 Å². The minimum Gasteiger partial charge on any atom is -0.497 e. The van der Waals surface area contributed by atoms with Crippen LogP contribution in [0, 0.1) is 11.3 Å². The molecule has 0 saturated carbocycles. The van der Waals surface area contributed by atoms with Crippen molar-refractivity contribution in [1.82, 2.24) is 9.97 Å². The molecule has 3 rings (SSSR count). The molecule has 0 unspecified atom stereocenters. The highest BCUT2D eigenvalue weighted by Gasteiger charge is 2.01. The molecule has 0 bridgehead atoms. The van der Waals surface area contributed by atoms with Crippen LogP contribution in [0.2, 0.25) is 0 Å². The highest BCUT2D eigenvalue weighted by Crippen LogP contribution is 2.18. The van der Waals surface area contributed by atoms with Crippen molar-refractivity contribution in [3.8, 4) is 11.8 Å². The fraction of sp³-hybridized carbons (Fsp3) is 0.150. The monoisotopic (exact) mass is 345 g/mol. The van der Waals surface area contributed by atoms with Gasteiger partial charge in [-0.25, -0.2) is 9.97 Å². The second-order valence-corrected chi connectivity index (χ2v) is 5.63. The van der Waals surface area contributed by atoms with Crippen LogP contribution >= 0.6 is 0 Å². The lowest BCUT2D eigenvalue weighted by molar-refractivity contribution is 0.414. The average Bonchev–Trinajstić information content (AvgIpc) is 2.68. The molecule has 6 nitrogen and oxygen atoms in total. The van der Waals surface area contributed by atoms with Crippen molar-refractivity contribution < 1.29 is 4.74 Å². The third-order valence-corrected chi connectivity index (χ3v) is 3.79. The zero-order valence-electron chi connectivity index (χ0n) is 14.4. The number of nitrogens with zero attached hydrogens (tertiary/aromatic N) is 3. The van der Waals surface area contributed by atoms with Crippen LogP contribution in [0.4, 0.5) is 17.3 Å². The molecule has 0 spiro atoms. The van der Waals surface area contributed by atoms with Crippen molar-refractivity contribution in [2.24, 2.45) is 0 Å². The molecule has 6 heteroatoms. The van der Waals surface area contributed by atoms with E-state index in [-0.39, 0.29) is 0 Å². The van der Waals surface area contributed by atoms with Crippen LogP contribution in [0.5, 0.6) is 5.75 Å². The van der Waals surface area contributed by atoms with Crippen molar-refractivity contribution in [1.29, 1.82) is 5.26 Å². The Bertz CT molecular complexity index is 920. The number of ether oxygens (including phenoxy) is 1. The Kier molecular flexibility index (Phi) is 5.63. The van der Waals surface area contributed by atoms with E-state index in [1.807, 2.05) is 36.4 Å². The SMILES string of the molecule is COc1cccc(CCNc2cc(Nc3cccc(C#N)c3)ncn2)c1. The van der Waals surface area contributed by atoms with Crippen molar-refractivity contribution in [2.45, 2.75) is 6.42 Å². The minimum atomic E-state index is 0.598. The molecule has 0 amide bonds. The van der Waals surface area contributed by atoms with Crippen LogP contribution in [0.3, 0.4) is 0 Å². The maximum absolute atomic E-state index is 8.98. The minimum absolute atomic E-state index is 0.598. The van der Waals surface area contributed by atoms with Gasteiger partial charge in [0, 0.05) is 18.3 Å². The molecule has 0 atom stereocenters. The van der Waals surface area contributed by atoms with Gasteiger partial charge in [0.05, 0.1) is 18.7 Å². The largest absolute Gasteiger partial charge is 0.497 e. The first-order valence-corrected chi connectivity index (χ1v) is 8.23. The standard InChI is InChI=1S/C20H19N5O/c1-26-18-7-3-4-15(11-18)8-9-22-19-12-20(24-14-23-19)25-17-6-2-5-16(10-17)13-21/h2-7,10-12,14H,8-9H2,1H3,(H2,22,23,24,25). The van der Waals surface area contributed by atoms with E-state index >= 15 is 0 Å². The van der Waals surface area contributed by atoms with Gasteiger partial charge in [0.15, 0.2) is 0 Å². The molecule has 3 aromatic rings. The molecule has 1 aromatic heterocycles. The van der Waals surface area contributed by atoms with Gasteiger partial charge in [0.2, 0.25) is 0 Å². The molecular formula is C20H19N5O. The van der Waals surface area contributed by atoms with Gasteiger partial charge in [-0.15, -0.1) is 0 Å². The zero-order chi connectivity index (χ0) is 18.2. The fourth-order valence-electron chi connectivity index (χ4n) is 2.50. The predicted octanol–water partition coefficient (Wildman–Crippen LogP) is 3.76. The Hall–Kier alpha value is -3.59. The number of methoxy groups -OCH3 is 1. The number of aromatic nitrogens is 2. The van der Waals surface area contributed by atoms with E-state index < -0.39 is 0 Å². The normalized spacial score (nSPS) is 10.0. The lowest BCUT2D eigenvalue weighted by atomic mass is 10.1. The van der Waals surface area contributed by atoms with Crippen LogP contribution in [0.25, 0.3) is 0 Å². The first-order chi connectivity index (χ1) is 12.8. The Morgan fingerprint density at radius 3 is 2.73 bits per heavy atom. The fourth-order valence-corrected chi connectivity index (χ4v) is 2.50. The number of hydrogen-bond donors (Lipinski definition) is 2. The number of hydrogen-bond acceptors (Lipinski definition) is 6. The highest BCUT2D eigenvalue weighted by molar-refractivity contribution is 5.60. The van der Waals surface area contributed by atoms with E-state index in [0.717, 1.165) is 30.2 Å². The Balaban J connectivity index is 1.59. The summed E-state index contributed by atoms with van der Waals surface area (Å²) in [4.78, 5) is 8.46. The van der Waals surface area contributed by atoms with Crippen LogP contribution in [0.15, 0.2) is 60.9 Å². The first kappa shape index (κ1) is 17.2. The Labute approximate surface area is 152 Å². The second-order valence-electron chi connectivity index (χ2n) is 5.63. The topological polar surface area (TPSA) is 82.9 Å². The highest BCUT2D eigenvalue weighted by atomic mass is 16.5. The van der Waals surface area contributed by atoms with Crippen LogP contribution < -0.4 is 15.4 Å². The van der Waals surface area contributed by atoms with E-state index in [9.17, 15) is 0 Å². The number of rotatable bonds is 7. The summed E-state index contributed by atoms with van der Waals surface area (Å²) in [7, 11) is 1.67. The number of nitriles is 1. The Morgan fingerprint density at radius 2 is 1.88 bits per heavy atom. The summed E-state index contributed by atoms with van der Waals surface area (Å²) in [6.45, 7) is 0.744. The van der Waals surface area contributed by atoms with Gasteiger partial charge in [0.25, 0.3) is 0 Å². The molecule has 0 aliphatic carbocycles. The number of anilines is 3. The third kappa shape index (κ3) is 4.71. The first-order valence-electron chi connectivity index (χ1n) is 8.23. The summed E-state index contributed by atoms with van der Waals surface area (Å²) >= 11 is 0. The predicted molar refractivity (Wildman–Crippen MR) is 102 cm³/mol. The smallest absolute Gasteiger partial charge is 0.135 e. The van der Waals surface area contributed by atoms with E-state index in [1.54, 1.807) is 19.2 Å². The summed E-state index contributed by atoms with van der Waals surface area (Å²) < 4.78 is 5.24. The number of benzene rings is 2. The average molecular weight is 345 g/mol. The van der Waals surface area contributed by atoms with Gasteiger partial charge in [-0.1, -0.05) is 18.2 Å². The molecule has 0 aliphatic heterocycles. The molecule has 2 N–H and O–H groups in total. The van der Waals surface area contributed by atoms with E-state index in [1.165, 1.54) is 11.9 Å². The quantitative estimate of drug-likeness (QED) is 0.678. The van der Waals surface area contributed by atoms with Crippen molar-refractivity contribution >= 4 is 17.3 Å². The van der Waals surface area contributed by atoms with Crippen LogP contribution in [-0.2, 0) is 6.42 Å². The lowest BCUT2D eigenvalue weighted by Crippen LogP contribution is -2.07. The molecule has 130 valence electrons. The maximum atomic E-state index is 8.98. The van der Waals surface area contributed by atoms with Gasteiger partial charge < -0.3 is 15.4 Å². The van der Waals surface area contributed by atoms with E-state index in [2.05, 4.69) is 32.7 Å². The molecule has 0 saturated heterocycles. The van der Waals surface area contributed by atoms with E-state index in [0.29, 0.717) is 11.4 Å². The summed E-state index contributed by atoms with van der Waals surface area (Å²) in [6.07, 6.45) is 2.36. The molecule has 0 fully saturated rings. The van der Waals surface area contributed by atoms with Gasteiger partial charge >= 0.3 is 0 Å². The van der Waals surface area contributed by atoms with Gasteiger partial charge in [-0.05, 0) is 42.3 Å². The van der Waals surface area contributed by atoms with Crippen molar-refractivity contribution in [3.63, 3.8) is 0 Å². The van der Waals surface area contributed by atoms with Crippen molar-refractivity contribution in [3.05, 3.63) is 72.1 Å². The third-order valence-electron chi connectivity index (χ3n) is 3.79.